The standard InChI is InChI=1S/C20H22Cl2N2O5/c1-10-3-5-12(6-4-10)23-17(25)9-29-20(28)11(2)24-18(26)13-7-15(21)16(22)8-14(13)19(24)27/h7-8,10-12H,3-6,9H2,1-2H3,(H,23,25). The summed E-state index contributed by atoms with van der Waals surface area (Å²) in [5.41, 5.74) is 0.154. The molecule has 0 spiro atoms. The number of nitrogens with one attached hydrogen (secondary N) is 1. The minimum Gasteiger partial charge on any atom is -0.454 e. The normalized spacial score (nSPS) is 22.3. The lowest BCUT2D eigenvalue weighted by atomic mass is 9.87. The van der Waals surface area contributed by atoms with Gasteiger partial charge in [0.15, 0.2) is 6.61 Å². The van der Waals surface area contributed by atoms with Crippen molar-refractivity contribution in [3.63, 3.8) is 0 Å². The molecule has 1 N–H and O–H groups in total. The van der Waals surface area contributed by atoms with E-state index in [0.717, 1.165) is 30.6 Å². The number of rotatable bonds is 5. The van der Waals surface area contributed by atoms with Crippen LogP contribution in [0, 0.1) is 5.92 Å². The Hall–Kier alpha value is -2.12. The molecule has 1 aliphatic carbocycles. The van der Waals surface area contributed by atoms with Crippen LogP contribution < -0.4 is 5.32 Å². The summed E-state index contributed by atoms with van der Waals surface area (Å²) in [6, 6.07) is 1.50. The summed E-state index contributed by atoms with van der Waals surface area (Å²) >= 11 is 11.8. The highest BCUT2D eigenvalue weighted by atomic mass is 35.5. The molecular weight excluding hydrogens is 419 g/mol. The van der Waals surface area contributed by atoms with Crippen molar-refractivity contribution in [1.82, 2.24) is 10.2 Å². The van der Waals surface area contributed by atoms with Gasteiger partial charge in [0.1, 0.15) is 6.04 Å². The zero-order valence-corrected chi connectivity index (χ0v) is 17.7. The van der Waals surface area contributed by atoms with E-state index in [4.69, 9.17) is 27.9 Å². The monoisotopic (exact) mass is 440 g/mol. The van der Waals surface area contributed by atoms with E-state index in [1.54, 1.807) is 0 Å². The summed E-state index contributed by atoms with van der Waals surface area (Å²) in [6.45, 7) is 3.09. The quantitative estimate of drug-likeness (QED) is 0.560. The molecule has 1 fully saturated rings. The van der Waals surface area contributed by atoms with Crippen LogP contribution >= 0.6 is 23.2 Å². The van der Waals surface area contributed by atoms with E-state index in [2.05, 4.69) is 12.2 Å². The minimum absolute atomic E-state index is 0.0771. The van der Waals surface area contributed by atoms with E-state index in [-0.39, 0.29) is 27.2 Å². The number of hydrogen-bond acceptors (Lipinski definition) is 5. The highest BCUT2D eigenvalue weighted by molar-refractivity contribution is 6.43. The number of carbonyl (C=O) groups excluding carboxylic acids is 4. The fourth-order valence-electron chi connectivity index (χ4n) is 3.64. The number of carbonyl (C=O) groups is 4. The van der Waals surface area contributed by atoms with Crippen molar-refractivity contribution in [2.75, 3.05) is 6.61 Å². The molecule has 2 aliphatic rings. The first-order chi connectivity index (χ1) is 13.7. The number of halogens is 2. The Morgan fingerprint density at radius 2 is 1.62 bits per heavy atom. The molecule has 1 unspecified atom stereocenters. The summed E-state index contributed by atoms with van der Waals surface area (Å²) in [5, 5.41) is 3.13. The van der Waals surface area contributed by atoms with Crippen LogP contribution in [-0.2, 0) is 14.3 Å². The van der Waals surface area contributed by atoms with Gasteiger partial charge in [-0.2, -0.15) is 0 Å². The van der Waals surface area contributed by atoms with Crippen molar-refractivity contribution in [3.05, 3.63) is 33.3 Å². The van der Waals surface area contributed by atoms with Gasteiger partial charge in [-0.25, -0.2) is 4.79 Å². The predicted molar refractivity (Wildman–Crippen MR) is 107 cm³/mol. The molecule has 1 aliphatic heterocycles. The molecule has 3 amide bonds. The molecule has 0 radical (unpaired) electrons. The summed E-state index contributed by atoms with van der Waals surface area (Å²) in [5.74, 6) is -1.90. The number of esters is 1. The van der Waals surface area contributed by atoms with Crippen molar-refractivity contribution in [3.8, 4) is 0 Å². The van der Waals surface area contributed by atoms with Gasteiger partial charge in [0.2, 0.25) is 0 Å². The van der Waals surface area contributed by atoms with Crippen LogP contribution in [0.25, 0.3) is 0 Å². The Morgan fingerprint density at radius 1 is 1.10 bits per heavy atom. The van der Waals surface area contributed by atoms with Gasteiger partial charge in [-0.15, -0.1) is 0 Å². The molecule has 1 atom stereocenters. The Balaban J connectivity index is 1.57. The third-order valence-corrected chi connectivity index (χ3v) is 6.14. The first-order valence-electron chi connectivity index (χ1n) is 9.52. The Labute approximate surface area is 178 Å². The lowest BCUT2D eigenvalue weighted by molar-refractivity contribution is -0.152. The molecule has 7 nitrogen and oxygen atoms in total. The van der Waals surface area contributed by atoms with Crippen molar-refractivity contribution >= 4 is 46.9 Å². The van der Waals surface area contributed by atoms with Crippen molar-refractivity contribution < 1.29 is 23.9 Å². The van der Waals surface area contributed by atoms with Crippen LogP contribution in [0.15, 0.2) is 12.1 Å². The topological polar surface area (TPSA) is 92.8 Å². The average molecular weight is 441 g/mol. The van der Waals surface area contributed by atoms with Gasteiger partial charge in [0.25, 0.3) is 17.7 Å². The third kappa shape index (κ3) is 4.56. The smallest absolute Gasteiger partial charge is 0.329 e. The van der Waals surface area contributed by atoms with Gasteiger partial charge < -0.3 is 10.1 Å². The van der Waals surface area contributed by atoms with E-state index < -0.39 is 36.3 Å². The molecule has 1 aromatic rings. The van der Waals surface area contributed by atoms with E-state index in [9.17, 15) is 19.2 Å². The summed E-state index contributed by atoms with van der Waals surface area (Å²) < 4.78 is 5.03. The minimum atomic E-state index is -1.19. The SMILES string of the molecule is CC1CCC(NC(=O)COC(=O)C(C)N2C(=O)c3cc(Cl)c(Cl)cc3C2=O)CC1. The highest BCUT2D eigenvalue weighted by Crippen LogP contribution is 2.32. The number of nitrogens with zero attached hydrogens (tertiary/aromatic N) is 1. The molecule has 0 bridgehead atoms. The van der Waals surface area contributed by atoms with Gasteiger partial charge in [0.05, 0.1) is 21.2 Å². The number of benzene rings is 1. The van der Waals surface area contributed by atoms with Crippen molar-refractivity contribution in [2.45, 2.75) is 51.6 Å². The number of ether oxygens (including phenoxy) is 1. The fourth-order valence-corrected chi connectivity index (χ4v) is 3.97. The maximum atomic E-state index is 12.6. The van der Waals surface area contributed by atoms with Gasteiger partial charge in [0, 0.05) is 6.04 Å². The second kappa shape index (κ2) is 8.71. The van der Waals surface area contributed by atoms with Gasteiger partial charge in [-0.1, -0.05) is 30.1 Å². The Kier molecular flexibility index (Phi) is 6.49. The molecule has 3 rings (SSSR count). The van der Waals surface area contributed by atoms with Crippen LogP contribution in [0.5, 0.6) is 0 Å². The molecule has 0 saturated heterocycles. The lowest BCUT2D eigenvalue weighted by Crippen LogP contribution is -2.45. The largest absolute Gasteiger partial charge is 0.454 e. The molecule has 1 aromatic carbocycles. The average Bonchev–Trinajstić information content (AvgIpc) is 2.91. The van der Waals surface area contributed by atoms with E-state index >= 15 is 0 Å². The number of fused-ring (bicyclic) bond motifs is 1. The maximum Gasteiger partial charge on any atom is 0.329 e. The summed E-state index contributed by atoms with van der Waals surface area (Å²) in [6.07, 6.45) is 3.90. The second-order valence-corrected chi connectivity index (χ2v) is 8.41. The first kappa shape index (κ1) is 21.6. The Bertz CT molecular complexity index is 824. The zero-order valence-electron chi connectivity index (χ0n) is 16.2. The first-order valence-corrected chi connectivity index (χ1v) is 10.3. The molecule has 29 heavy (non-hydrogen) atoms. The molecule has 1 saturated carbocycles. The molecule has 156 valence electrons. The van der Waals surface area contributed by atoms with Crippen molar-refractivity contribution in [2.24, 2.45) is 5.92 Å². The molecular formula is C20H22Cl2N2O5. The highest BCUT2D eigenvalue weighted by Gasteiger charge is 2.42. The van der Waals surface area contributed by atoms with Crippen molar-refractivity contribution in [1.29, 1.82) is 0 Å². The molecule has 9 heteroatoms. The fraction of sp³-hybridized carbons (Fsp3) is 0.500. The number of hydrogen-bond donors (Lipinski definition) is 1. The lowest BCUT2D eigenvalue weighted by Gasteiger charge is -2.27. The third-order valence-electron chi connectivity index (χ3n) is 5.41. The summed E-state index contributed by atoms with van der Waals surface area (Å²) in [7, 11) is 0. The maximum absolute atomic E-state index is 12.6. The van der Waals surface area contributed by atoms with Crippen LogP contribution in [0.1, 0.15) is 60.2 Å². The van der Waals surface area contributed by atoms with E-state index in [0.29, 0.717) is 5.92 Å². The Morgan fingerprint density at radius 3 is 2.14 bits per heavy atom. The van der Waals surface area contributed by atoms with Crippen LogP contribution in [0.2, 0.25) is 10.0 Å². The van der Waals surface area contributed by atoms with Crippen LogP contribution in [-0.4, -0.2) is 47.3 Å². The van der Waals surface area contributed by atoms with Gasteiger partial charge >= 0.3 is 5.97 Å². The number of amides is 3. The number of imide groups is 1. The predicted octanol–water partition coefficient (Wildman–Crippen LogP) is 3.22. The molecule has 1 heterocycles. The van der Waals surface area contributed by atoms with E-state index in [1.165, 1.54) is 19.1 Å². The second-order valence-electron chi connectivity index (χ2n) is 7.60. The summed E-state index contributed by atoms with van der Waals surface area (Å²) in [4.78, 5) is 50.3. The van der Waals surface area contributed by atoms with Gasteiger partial charge in [-0.05, 0) is 50.7 Å². The van der Waals surface area contributed by atoms with Gasteiger partial charge in [-0.3, -0.25) is 19.3 Å². The van der Waals surface area contributed by atoms with Crippen LogP contribution in [0.3, 0.4) is 0 Å². The van der Waals surface area contributed by atoms with E-state index in [1.807, 2.05) is 0 Å². The molecule has 0 aromatic heterocycles. The van der Waals surface area contributed by atoms with Crippen LogP contribution in [0.4, 0.5) is 0 Å². The zero-order chi connectivity index (χ0) is 21.3.